The summed E-state index contributed by atoms with van der Waals surface area (Å²) < 4.78 is 0. The van der Waals surface area contributed by atoms with Crippen LogP contribution >= 0.6 is 0 Å². The smallest absolute Gasteiger partial charge is 0.112 e. The average Bonchev–Trinajstić information content (AvgIpc) is 3.02. The van der Waals surface area contributed by atoms with Gasteiger partial charge in [-0.2, -0.15) is 0 Å². The number of aromatic amines is 1. The maximum atomic E-state index is 5.26. The molecule has 1 N–H and O–H groups in total. The van der Waals surface area contributed by atoms with Crippen molar-refractivity contribution in [3.63, 3.8) is 0 Å². The zero-order valence-electron chi connectivity index (χ0n) is 18.6. The van der Waals surface area contributed by atoms with Crippen molar-refractivity contribution in [2.24, 2.45) is 0 Å². The van der Waals surface area contributed by atoms with Gasteiger partial charge in [0.15, 0.2) is 0 Å². The number of H-pyrrole nitrogens is 1. The monoisotopic (exact) mass is 348 g/mol. The summed E-state index contributed by atoms with van der Waals surface area (Å²) in [7, 11) is 0. The molecule has 0 aromatic carbocycles. The van der Waals surface area contributed by atoms with Crippen molar-refractivity contribution in [1.29, 1.82) is 0 Å². The molecule has 1 aromatic rings. The highest BCUT2D eigenvalue weighted by atomic mass is 15.0. The molecule has 0 spiro atoms. The minimum absolute atomic E-state index is 0.118. The summed E-state index contributed by atoms with van der Waals surface area (Å²) in [5, 5.41) is 0. The lowest BCUT2D eigenvalue weighted by molar-refractivity contribution is 0.395. The Balaban J connectivity index is 3.38. The van der Waals surface area contributed by atoms with Crippen molar-refractivity contribution in [2.75, 3.05) is 0 Å². The van der Waals surface area contributed by atoms with Gasteiger partial charge >= 0.3 is 0 Å². The fourth-order valence-electron chi connectivity index (χ4n) is 3.90. The Bertz CT molecular complexity index is 518. The molecule has 1 rings (SSSR count). The molecular weight excluding hydrogens is 304 g/mol. The molecule has 146 valence electrons. The van der Waals surface area contributed by atoms with Crippen LogP contribution in [0, 0.1) is 0 Å². The highest BCUT2D eigenvalue weighted by Crippen LogP contribution is 2.41. The number of hydrogen-bond acceptors (Lipinski definition) is 1. The Labute approximate surface area is 157 Å². The van der Waals surface area contributed by atoms with Crippen molar-refractivity contribution >= 4 is 0 Å². The van der Waals surface area contributed by atoms with Gasteiger partial charge in [-0.25, -0.2) is 4.98 Å². The van der Waals surface area contributed by atoms with Crippen LogP contribution in [0.25, 0.3) is 0 Å². The van der Waals surface area contributed by atoms with Crippen molar-refractivity contribution in [1.82, 2.24) is 9.97 Å². The SMILES string of the molecule is CCCCCC(C)(C)c1nc(C(C)(C)CCC)c(C(C)(CC)CC)[nH]1. The molecule has 0 aliphatic heterocycles. The summed E-state index contributed by atoms with van der Waals surface area (Å²) in [5.74, 6) is 1.20. The summed E-state index contributed by atoms with van der Waals surface area (Å²) in [6.07, 6.45) is 9.76. The third-order valence-corrected chi connectivity index (χ3v) is 6.43. The summed E-state index contributed by atoms with van der Waals surface area (Å²) in [4.78, 5) is 9.10. The molecule has 0 unspecified atom stereocenters. The van der Waals surface area contributed by atoms with Crippen molar-refractivity contribution in [3.8, 4) is 0 Å². The molecule has 25 heavy (non-hydrogen) atoms. The fourth-order valence-corrected chi connectivity index (χ4v) is 3.90. The molecular formula is C23H44N2. The van der Waals surface area contributed by atoms with Gasteiger partial charge in [-0.15, -0.1) is 0 Å². The van der Waals surface area contributed by atoms with Crippen LogP contribution < -0.4 is 0 Å². The average molecular weight is 349 g/mol. The van der Waals surface area contributed by atoms with Crippen LogP contribution in [0.3, 0.4) is 0 Å². The largest absolute Gasteiger partial charge is 0.345 e. The zero-order chi connectivity index (χ0) is 19.3. The predicted octanol–water partition coefficient (Wildman–Crippen LogP) is 7.42. The first-order valence-corrected chi connectivity index (χ1v) is 10.7. The van der Waals surface area contributed by atoms with Crippen LogP contribution in [-0.2, 0) is 16.2 Å². The number of rotatable bonds is 11. The Morgan fingerprint density at radius 1 is 0.760 bits per heavy atom. The second kappa shape index (κ2) is 8.73. The van der Waals surface area contributed by atoms with Crippen LogP contribution in [0.2, 0.25) is 0 Å². The first-order chi connectivity index (χ1) is 11.6. The molecule has 0 radical (unpaired) electrons. The van der Waals surface area contributed by atoms with Crippen LogP contribution in [0.5, 0.6) is 0 Å². The summed E-state index contributed by atoms with van der Waals surface area (Å²) in [6.45, 7) is 21.0. The molecule has 0 aliphatic rings. The molecule has 0 fully saturated rings. The van der Waals surface area contributed by atoms with E-state index >= 15 is 0 Å². The molecule has 1 aromatic heterocycles. The Morgan fingerprint density at radius 3 is 1.84 bits per heavy atom. The Kier molecular flexibility index (Phi) is 7.77. The van der Waals surface area contributed by atoms with Gasteiger partial charge in [0.2, 0.25) is 0 Å². The van der Waals surface area contributed by atoms with Gasteiger partial charge < -0.3 is 4.98 Å². The first kappa shape index (κ1) is 22.3. The van der Waals surface area contributed by atoms with Gasteiger partial charge in [0.05, 0.1) is 5.69 Å². The minimum atomic E-state index is 0.118. The highest BCUT2D eigenvalue weighted by molar-refractivity contribution is 5.31. The molecule has 0 bridgehead atoms. The summed E-state index contributed by atoms with van der Waals surface area (Å²) in [6, 6.07) is 0. The van der Waals surface area contributed by atoms with Crippen molar-refractivity contribution in [3.05, 3.63) is 17.2 Å². The van der Waals surface area contributed by atoms with Gasteiger partial charge in [-0.05, 0) is 25.7 Å². The quantitative estimate of drug-likeness (QED) is 0.414. The summed E-state index contributed by atoms with van der Waals surface area (Å²) in [5.41, 5.74) is 3.15. The van der Waals surface area contributed by atoms with Crippen molar-refractivity contribution < 1.29 is 0 Å². The van der Waals surface area contributed by atoms with Crippen LogP contribution in [0.1, 0.15) is 131 Å². The molecule has 0 atom stereocenters. The standard InChI is InChI=1S/C23H44N2/c1-10-14-15-17-22(7,8)20-24-18(21(5,6)16-11-2)19(25-20)23(9,12-3)13-4/h10-17H2,1-9H3,(H,24,25). The zero-order valence-corrected chi connectivity index (χ0v) is 18.6. The van der Waals surface area contributed by atoms with E-state index in [2.05, 4.69) is 67.3 Å². The van der Waals surface area contributed by atoms with E-state index in [0.717, 1.165) is 12.8 Å². The molecule has 0 saturated carbocycles. The van der Waals surface area contributed by atoms with E-state index in [9.17, 15) is 0 Å². The lowest BCUT2D eigenvalue weighted by Gasteiger charge is -2.31. The van der Waals surface area contributed by atoms with E-state index in [1.165, 1.54) is 55.7 Å². The van der Waals surface area contributed by atoms with E-state index < -0.39 is 0 Å². The van der Waals surface area contributed by atoms with Gasteiger partial charge in [0, 0.05) is 21.9 Å². The lowest BCUT2D eigenvalue weighted by atomic mass is 9.74. The van der Waals surface area contributed by atoms with Gasteiger partial charge in [0.25, 0.3) is 0 Å². The number of imidazole rings is 1. The van der Waals surface area contributed by atoms with Gasteiger partial charge in [0.1, 0.15) is 5.82 Å². The molecule has 0 amide bonds. The first-order valence-electron chi connectivity index (χ1n) is 10.7. The predicted molar refractivity (Wildman–Crippen MR) is 112 cm³/mol. The molecule has 2 nitrogen and oxygen atoms in total. The van der Waals surface area contributed by atoms with E-state index in [1.807, 2.05) is 0 Å². The third kappa shape index (κ3) is 5.11. The van der Waals surface area contributed by atoms with E-state index in [0.29, 0.717) is 0 Å². The van der Waals surface area contributed by atoms with Crippen molar-refractivity contribution in [2.45, 2.75) is 130 Å². The molecule has 1 heterocycles. The Morgan fingerprint density at radius 2 is 1.36 bits per heavy atom. The number of nitrogens with one attached hydrogen (secondary N) is 1. The maximum Gasteiger partial charge on any atom is 0.112 e. The lowest BCUT2D eigenvalue weighted by Crippen LogP contribution is -2.27. The number of hydrogen-bond donors (Lipinski definition) is 1. The third-order valence-electron chi connectivity index (χ3n) is 6.43. The summed E-state index contributed by atoms with van der Waals surface area (Å²) >= 11 is 0. The fraction of sp³-hybridized carbons (Fsp3) is 0.870. The van der Waals surface area contributed by atoms with Gasteiger partial charge in [-0.1, -0.05) is 88.0 Å². The normalized spacial score (nSPS) is 13.5. The topological polar surface area (TPSA) is 28.7 Å². The van der Waals surface area contributed by atoms with Crippen LogP contribution in [0.15, 0.2) is 0 Å². The molecule has 2 heteroatoms. The van der Waals surface area contributed by atoms with E-state index in [-0.39, 0.29) is 16.2 Å². The van der Waals surface area contributed by atoms with E-state index in [4.69, 9.17) is 4.98 Å². The molecule has 0 aliphatic carbocycles. The van der Waals surface area contributed by atoms with Crippen LogP contribution in [0.4, 0.5) is 0 Å². The van der Waals surface area contributed by atoms with E-state index in [1.54, 1.807) is 0 Å². The highest BCUT2D eigenvalue weighted by Gasteiger charge is 2.37. The van der Waals surface area contributed by atoms with Gasteiger partial charge in [-0.3, -0.25) is 0 Å². The number of aromatic nitrogens is 2. The number of nitrogens with zero attached hydrogens (tertiary/aromatic N) is 1. The van der Waals surface area contributed by atoms with Crippen LogP contribution in [-0.4, -0.2) is 9.97 Å². The maximum absolute atomic E-state index is 5.26. The number of unbranched alkanes of at least 4 members (excludes halogenated alkanes) is 2. The molecule has 0 saturated heterocycles. The minimum Gasteiger partial charge on any atom is -0.345 e. The second-order valence-corrected chi connectivity index (χ2v) is 9.55. The Hall–Kier alpha value is -0.790. The second-order valence-electron chi connectivity index (χ2n) is 9.55.